The van der Waals surface area contributed by atoms with Gasteiger partial charge >= 0.3 is 0 Å². The van der Waals surface area contributed by atoms with E-state index >= 15 is 0 Å². The van der Waals surface area contributed by atoms with Crippen LogP contribution in [0, 0.1) is 5.92 Å². The first kappa shape index (κ1) is 17.9. The third-order valence-corrected chi connectivity index (χ3v) is 4.70. The molecule has 0 aromatic rings. The molecular weight excluding hydrogens is 276 g/mol. The number of hydrogen-bond donors (Lipinski definition) is 2. The molecule has 120 valence electrons. The molecule has 0 bridgehead atoms. The molecule has 6 heteroatoms. The molecule has 0 aliphatic heterocycles. The van der Waals surface area contributed by atoms with E-state index in [1.54, 1.807) is 0 Å². The molecule has 1 rings (SSSR count). The Morgan fingerprint density at radius 2 is 1.90 bits per heavy atom. The van der Waals surface area contributed by atoms with E-state index in [9.17, 15) is 8.42 Å². The van der Waals surface area contributed by atoms with Crippen molar-refractivity contribution in [3.8, 4) is 0 Å². The van der Waals surface area contributed by atoms with Gasteiger partial charge in [-0.15, -0.1) is 0 Å². The highest BCUT2D eigenvalue weighted by molar-refractivity contribution is 7.89. The molecule has 1 aliphatic rings. The van der Waals surface area contributed by atoms with Gasteiger partial charge in [-0.3, -0.25) is 0 Å². The quantitative estimate of drug-likeness (QED) is 0.506. The van der Waals surface area contributed by atoms with Crippen molar-refractivity contribution in [1.29, 1.82) is 0 Å². The van der Waals surface area contributed by atoms with Gasteiger partial charge in [-0.05, 0) is 44.6 Å². The lowest BCUT2D eigenvalue weighted by Crippen LogP contribution is -2.29. The van der Waals surface area contributed by atoms with Gasteiger partial charge in [-0.1, -0.05) is 13.8 Å². The number of rotatable bonds is 13. The minimum Gasteiger partial charge on any atom is -0.381 e. The van der Waals surface area contributed by atoms with E-state index in [1.807, 2.05) is 0 Å². The largest absolute Gasteiger partial charge is 0.381 e. The molecule has 0 atom stereocenters. The fraction of sp³-hybridized carbons (Fsp3) is 1.00. The maximum Gasteiger partial charge on any atom is 0.211 e. The molecule has 20 heavy (non-hydrogen) atoms. The van der Waals surface area contributed by atoms with Crippen molar-refractivity contribution in [3.63, 3.8) is 0 Å². The van der Waals surface area contributed by atoms with Crippen molar-refractivity contribution >= 4 is 10.0 Å². The Morgan fingerprint density at radius 1 is 1.15 bits per heavy atom. The van der Waals surface area contributed by atoms with Crippen LogP contribution in [-0.2, 0) is 14.8 Å². The zero-order chi connectivity index (χ0) is 14.8. The molecule has 0 aromatic carbocycles. The number of hydrogen-bond acceptors (Lipinski definition) is 4. The van der Waals surface area contributed by atoms with Crippen LogP contribution >= 0.6 is 0 Å². The average Bonchev–Trinajstić information content (AvgIpc) is 3.16. The molecule has 0 spiro atoms. The summed E-state index contributed by atoms with van der Waals surface area (Å²) in [5, 5.41) is 3.28. The standard InChI is InChI=1S/C14H30N2O3S/c1-13(2)15-8-3-4-11-20(17,18)16-9-5-10-19-12-14-6-7-14/h13-16H,3-12H2,1-2H3. The van der Waals surface area contributed by atoms with E-state index in [-0.39, 0.29) is 5.75 Å². The summed E-state index contributed by atoms with van der Waals surface area (Å²) in [7, 11) is -3.11. The zero-order valence-electron chi connectivity index (χ0n) is 12.9. The van der Waals surface area contributed by atoms with Gasteiger partial charge in [0.25, 0.3) is 0 Å². The van der Waals surface area contributed by atoms with Crippen LogP contribution in [-0.4, -0.2) is 46.5 Å². The first-order valence-corrected chi connectivity index (χ1v) is 9.43. The Hall–Kier alpha value is -0.170. The fourth-order valence-corrected chi connectivity index (χ4v) is 3.00. The summed E-state index contributed by atoms with van der Waals surface area (Å²) in [6.07, 6.45) is 4.92. The maximum atomic E-state index is 11.7. The van der Waals surface area contributed by atoms with Crippen molar-refractivity contribution in [2.75, 3.05) is 32.1 Å². The van der Waals surface area contributed by atoms with Crippen molar-refractivity contribution in [3.05, 3.63) is 0 Å². The zero-order valence-corrected chi connectivity index (χ0v) is 13.7. The first-order chi connectivity index (χ1) is 9.49. The Kier molecular flexibility index (Phi) is 8.68. The summed E-state index contributed by atoms with van der Waals surface area (Å²) in [5.74, 6) is 0.988. The predicted octanol–water partition coefficient (Wildman–Crippen LogP) is 1.50. The molecule has 1 saturated carbocycles. The highest BCUT2D eigenvalue weighted by atomic mass is 32.2. The topological polar surface area (TPSA) is 67.4 Å². The van der Waals surface area contributed by atoms with Gasteiger partial charge in [0, 0.05) is 25.8 Å². The van der Waals surface area contributed by atoms with Crippen LogP contribution in [0.3, 0.4) is 0 Å². The van der Waals surface area contributed by atoms with Gasteiger partial charge in [0.2, 0.25) is 10.0 Å². The monoisotopic (exact) mass is 306 g/mol. The third-order valence-electron chi connectivity index (χ3n) is 3.23. The molecule has 0 heterocycles. The fourth-order valence-electron chi connectivity index (χ4n) is 1.82. The molecule has 0 radical (unpaired) electrons. The number of ether oxygens (including phenoxy) is 1. The van der Waals surface area contributed by atoms with Gasteiger partial charge in [-0.2, -0.15) is 0 Å². The van der Waals surface area contributed by atoms with Crippen LogP contribution in [0.1, 0.15) is 46.0 Å². The summed E-state index contributed by atoms with van der Waals surface area (Å²) in [4.78, 5) is 0. The Labute approximate surface area is 123 Å². The second kappa shape index (κ2) is 9.71. The van der Waals surface area contributed by atoms with E-state index < -0.39 is 10.0 Å². The molecule has 0 amide bonds. The molecule has 0 aromatic heterocycles. The highest BCUT2D eigenvalue weighted by Gasteiger charge is 2.20. The van der Waals surface area contributed by atoms with Crippen LogP contribution in [0.5, 0.6) is 0 Å². The lowest BCUT2D eigenvalue weighted by atomic mass is 10.3. The average molecular weight is 306 g/mol. The van der Waals surface area contributed by atoms with Crippen LogP contribution in [0.15, 0.2) is 0 Å². The molecule has 0 unspecified atom stereocenters. The van der Waals surface area contributed by atoms with Crippen molar-refractivity contribution < 1.29 is 13.2 Å². The number of unbranched alkanes of at least 4 members (excludes halogenated alkanes) is 1. The number of sulfonamides is 1. The van der Waals surface area contributed by atoms with Gasteiger partial charge in [-0.25, -0.2) is 13.1 Å². The maximum absolute atomic E-state index is 11.7. The van der Waals surface area contributed by atoms with Crippen LogP contribution in [0.4, 0.5) is 0 Å². The number of nitrogens with one attached hydrogen (secondary N) is 2. The summed E-state index contributed by atoms with van der Waals surface area (Å²) < 4.78 is 31.5. The first-order valence-electron chi connectivity index (χ1n) is 7.78. The molecular formula is C14H30N2O3S. The van der Waals surface area contributed by atoms with Crippen LogP contribution in [0.2, 0.25) is 0 Å². The lowest BCUT2D eigenvalue weighted by molar-refractivity contribution is 0.123. The van der Waals surface area contributed by atoms with Gasteiger partial charge < -0.3 is 10.1 Å². The Balaban J connectivity index is 1.91. The predicted molar refractivity (Wildman–Crippen MR) is 82.3 cm³/mol. The van der Waals surface area contributed by atoms with E-state index in [2.05, 4.69) is 23.9 Å². The third kappa shape index (κ3) is 10.6. The summed E-state index contributed by atoms with van der Waals surface area (Å²) in [5.41, 5.74) is 0. The van der Waals surface area contributed by atoms with E-state index in [1.165, 1.54) is 12.8 Å². The second-order valence-electron chi connectivity index (χ2n) is 5.90. The lowest BCUT2D eigenvalue weighted by Gasteiger charge is -2.09. The van der Waals surface area contributed by atoms with Crippen LogP contribution < -0.4 is 10.0 Å². The van der Waals surface area contributed by atoms with E-state index in [0.717, 1.165) is 31.9 Å². The van der Waals surface area contributed by atoms with Crippen molar-refractivity contribution in [2.24, 2.45) is 5.92 Å². The van der Waals surface area contributed by atoms with Gasteiger partial charge in [0.05, 0.1) is 5.75 Å². The van der Waals surface area contributed by atoms with E-state index in [4.69, 9.17) is 4.74 Å². The second-order valence-corrected chi connectivity index (χ2v) is 7.83. The van der Waals surface area contributed by atoms with Crippen molar-refractivity contribution in [1.82, 2.24) is 10.0 Å². The Bertz CT molecular complexity index is 340. The normalized spacial score (nSPS) is 15.9. The SMILES string of the molecule is CC(C)NCCCCS(=O)(=O)NCCCOCC1CC1. The minimum absolute atomic E-state index is 0.218. The molecule has 1 fully saturated rings. The smallest absolute Gasteiger partial charge is 0.211 e. The van der Waals surface area contributed by atoms with Crippen LogP contribution in [0.25, 0.3) is 0 Å². The molecule has 2 N–H and O–H groups in total. The van der Waals surface area contributed by atoms with Gasteiger partial charge in [0.1, 0.15) is 0 Å². The Morgan fingerprint density at radius 3 is 2.55 bits per heavy atom. The highest BCUT2D eigenvalue weighted by Crippen LogP contribution is 2.28. The minimum atomic E-state index is -3.11. The van der Waals surface area contributed by atoms with Gasteiger partial charge in [0.15, 0.2) is 0 Å². The molecule has 0 saturated heterocycles. The summed E-state index contributed by atoms with van der Waals surface area (Å²) >= 11 is 0. The summed E-state index contributed by atoms with van der Waals surface area (Å²) in [6, 6.07) is 0.459. The molecule has 5 nitrogen and oxygen atoms in total. The van der Waals surface area contributed by atoms with E-state index in [0.29, 0.717) is 25.6 Å². The summed E-state index contributed by atoms with van der Waals surface area (Å²) in [6.45, 7) is 7.03. The van der Waals surface area contributed by atoms with Crippen molar-refractivity contribution in [2.45, 2.75) is 52.0 Å². The molecule has 1 aliphatic carbocycles.